The third-order valence-electron chi connectivity index (χ3n) is 2.07. The maximum Gasteiger partial charge on any atom is -0.0174 e. The van der Waals surface area contributed by atoms with Crippen molar-refractivity contribution in [2.24, 2.45) is 11.3 Å². The van der Waals surface area contributed by atoms with E-state index in [0.717, 1.165) is 0 Å². The highest BCUT2D eigenvalue weighted by Crippen LogP contribution is 2.20. The summed E-state index contributed by atoms with van der Waals surface area (Å²) in [7, 11) is 0. The van der Waals surface area contributed by atoms with Crippen LogP contribution in [0, 0.1) is 11.3 Å². The van der Waals surface area contributed by atoms with Gasteiger partial charge in [-0.25, -0.2) is 0 Å². The lowest BCUT2D eigenvalue weighted by atomic mass is 9.90. The van der Waals surface area contributed by atoms with Crippen LogP contribution in [0.2, 0.25) is 0 Å². The third-order valence-corrected chi connectivity index (χ3v) is 2.07. The average molecular weight is 166 g/mol. The van der Waals surface area contributed by atoms with E-state index in [2.05, 4.69) is 58.9 Å². The molecule has 70 valence electrons. The van der Waals surface area contributed by atoms with Crippen LogP contribution in [0.25, 0.3) is 0 Å². The first-order valence-electron chi connectivity index (χ1n) is 4.84. The lowest BCUT2D eigenvalue weighted by Gasteiger charge is -2.16. The van der Waals surface area contributed by atoms with Gasteiger partial charge in [-0.2, -0.15) is 0 Å². The van der Waals surface area contributed by atoms with E-state index < -0.39 is 0 Å². The monoisotopic (exact) mass is 166 g/mol. The quantitative estimate of drug-likeness (QED) is 0.549. The Kier molecular flexibility index (Phi) is 4.96. The maximum atomic E-state index is 2.27. The van der Waals surface area contributed by atoms with Crippen molar-refractivity contribution >= 4 is 0 Å². The van der Waals surface area contributed by atoms with Gasteiger partial charge < -0.3 is 0 Å². The first-order valence-corrected chi connectivity index (χ1v) is 4.84. The summed E-state index contributed by atoms with van der Waals surface area (Å²) in [6.07, 6.45) is 9.97. The lowest BCUT2D eigenvalue weighted by molar-refractivity contribution is 0.462. The van der Waals surface area contributed by atoms with Gasteiger partial charge in [-0.05, 0) is 17.8 Å². The molecule has 0 heteroatoms. The van der Waals surface area contributed by atoms with Crippen LogP contribution in [0.1, 0.15) is 41.0 Å². The molecule has 0 unspecified atom stereocenters. The Morgan fingerprint density at radius 1 is 1.17 bits per heavy atom. The fourth-order valence-electron chi connectivity index (χ4n) is 0.720. The molecule has 0 aliphatic rings. The van der Waals surface area contributed by atoms with Crippen molar-refractivity contribution in [2.75, 3.05) is 0 Å². The Bertz CT molecular complexity index is 159. The van der Waals surface area contributed by atoms with Gasteiger partial charge >= 0.3 is 0 Å². The van der Waals surface area contributed by atoms with Crippen LogP contribution in [0.4, 0.5) is 0 Å². The SMILES string of the molecule is CCC(C)(C)/C=C/C=C/C(C)C. The van der Waals surface area contributed by atoms with Crippen LogP contribution >= 0.6 is 0 Å². The van der Waals surface area contributed by atoms with Gasteiger partial charge in [0.15, 0.2) is 0 Å². The van der Waals surface area contributed by atoms with Crippen molar-refractivity contribution in [3.63, 3.8) is 0 Å². The van der Waals surface area contributed by atoms with Gasteiger partial charge in [0.05, 0.1) is 0 Å². The van der Waals surface area contributed by atoms with Crippen LogP contribution in [-0.2, 0) is 0 Å². The second kappa shape index (κ2) is 5.18. The summed E-state index contributed by atoms with van der Waals surface area (Å²) >= 11 is 0. The highest BCUT2D eigenvalue weighted by atomic mass is 14.1. The first-order chi connectivity index (χ1) is 5.48. The Balaban J connectivity index is 3.91. The van der Waals surface area contributed by atoms with Gasteiger partial charge in [-0.1, -0.05) is 58.9 Å². The van der Waals surface area contributed by atoms with Crippen molar-refractivity contribution in [1.29, 1.82) is 0 Å². The van der Waals surface area contributed by atoms with E-state index in [1.54, 1.807) is 0 Å². The molecule has 0 heterocycles. The van der Waals surface area contributed by atoms with Gasteiger partial charge in [0.1, 0.15) is 0 Å². The zero-order chi connectivity index (χ0) is 9.61. The minimum atomic E-state index is 0.349. The van der Waals surface area contributed by atoms with Crippen LogP contribution < -0.4 is 0 Å². The van der Waals surface area contributed by atoms with Crippen molar-refractivity contribution in [3.8, 4) is 0 Å². The van der Waals surface area contributed by atoms with Crippen molar-refractivity contribution in [2.45, 2.75) is 41.0 Å². The molecule has 0 N–H and O–H groups in total. The molecular weight excluding hydrogens is 144 g/mol. The molecule has 0 rings (SSSR count). The van der Waals surface area contributed by atoms with Crippen LogP contribution in [0.3, 0.4) is 0 Å². The van der Waals surface area contributed by atoms with Gasteiger partial charge in [-0.3, -0.25) is 0 Å². The Morgan fingerprint density at radius 3 is 2.17 bits per heavy atom. The van der Waals surface area contributed by atoms with Crippen LogP contribution in [0.15, 0.2) is 24.3 Å². The molecule has 0 radical (unpaired) electrons. The summed E-state index contributed by atoms with van der Waals surface area (Å²) < 4.78 is 0. The van der Waals surface area contributed by atoms with E-state index in [9.17, 15) is 0 Å². The first kappa shape index (κ1) is 11.5. The van der Waals surface area contributed by atoms with E-state index in [4.69, 9.17) is 0 Å². The van der Waals surface area contributed by atoms with Gasteiger partial charge in [-0.15, -0.1) is 0 Å². The molecule has 0 aromatic carbocycles. The Labute approximate surface area is 77.4 Å². The van der Waals surface area contributed by atoms with E-state index in [0.29, 0.717) is 11.3 Å². The zero-order valence-electron chi connectivity index (χ0n) is 9.09. The zero-order valence-corrected chi connectivity index (χ0v) is 9.09. The highest BCUT2D eigenvalue weighted by Gasteiger charge is 2.08. The molecule has 0 bridgehead atoms. The molecule has 0 amide bonds. The largest absolute Gasteiger partial charge is 0.0820 e. The predicted octanol–water partition coefficient (Wildman–Crippen LogP) is 4.19. The Hall–Kier alpha value is -0.520. The normalized spacial score (nSPS) is 13.8. The molecule has 0 atom stereocenters. The van der Waals surface area contributed by atoms with Crippen LogP contribution in [0.5, 0.6) is 0 Å². The van der Waals surface area contributed by atoms with E-state index in [1.807, 2.05) is 0 Å². The van der Waals surface area contributed by atoms with E-state index >= 15 is 0 Å². The minimum absolute atomic E-state index is 0.349. The summed E-state index contributed by atoms with van der Waals surface area (Å²) in [5.74, 6) is 0.652. The molecule has 0 aromatic rings. The maximum absolute atomic E-state index is 2.27. The fraction of sp³-hybridized carbons (Fsp3) is 0.667. The lowest BCUT2D eigenvalue weighted by Crippen LogP contribution is -2.03. The molecule has 0 fully saturated rings. The van der Waals surface area contributed by atoms with E-state index in [-0.39, 0.29) is 0 Å². The molecule has 0 aliphatic heterocycles. The minimum Gasteiger partial charge on any atom is -0.0820 e. The molecule has 12 heavy (non-hydrogen) atoms. The summed E-state index contributed by atoms with van der Waals surface area (Å²) in [6.45, 7) is 11.1. The molecular formula is C12H22. The number of hydrogen-bond donors (Lipinski definition) is 0. The third kappa shape index (κ3) is 6.21. The van der Waals surface area contributed by atoms with Crippen molar-refractivity contribution < 1.29 is 0 Å². The number of allylic oxidation sites excluding steroid dienone is 4. The van der Waals surface area contributed by atoms with Gasteiger partial charge in [0, 0.05) is 0 Å². The molecule has 0 aliphatic carbocycles. The highest BCUT2D eigenvalue weighted by molar-refractivity contribution is 5.07. The molecule has 0 saturated heterocycles. The topological polar surface area (TPSA) is 0 Å². The van der Waals surface area contributed by atoms with Crippen LogP contribution in [-0.4, -0.2) is 0 Å². The second-order valence-electron chi connectivity index (χ2n) is 4.33. The molecule has 0 spiro atoms. The average Bonchev–Trinajstić information content (AvgIpc) is 1.98. The second-order valence-corrected chi connectivity index (χ2v) is 4.33. The summed E-state index contributed by atoms with van der Waals surface area (Å²) in [6, 6.07) is 0. The van der Waals surface area contributed by atoms with Gasteiger partial charge in [0.2, 0.25) is 0 Å². The standard InChI is InChI=1S/C12H22/c1-6-12(4,5)10-8-7-9-11(2)3/h7-11H,6H2,1-5H3/b9-7+,10-8+. The summed E-state index contributed by atoms with van der Waals surface area (Å²) in [5, 5.41) is 0. The number of hydrogen-bond acceptors (Lipinski definition) is 0. The van der Waals surface area contributed by atoms with Crippen molar-refractivity contribution in [1.82, 2.24) is 0 Å². The smallest absolute Gasteiger partial charge is 0.0174 e. The van der Waals surface area contributed by atoms with E-state index in [1.165, 1.54) is 6.42 Å². The molecule has 0 aromatic heterocycles. The number of rotatable bonds is 4. The molecule has 0 nitrogen and oxygen atoms in total. The fourth-order valence-corrected chi connectivity index (χ4v) is 0.720. The van der Waals surface area contributed by atoms with Crippen molar-refractivity contribution in [3.05, 3.63) is 24.3 Å². The summed E-state index contributed by atoms with van der Waals surface area (Å²) in [4.78, 5) is 0. The molecule has 0 saturated carbocycles. The van der Waals surface area contributed by atoms with Gasteiger partial charge in [0.25, 0.3) is 0 Å². The predicted molar refractivity (Wildman–Crippen MR) is 57.2 cm³/mol. The summed E-state index contributed by atoms with van der Waals surface area (Å²) in [5.41, 5.74) is 0.349. The Morgan fingerprint density at radius 2 is 1.75 bits per heavy atom.